The van der Waals surface area contributed by atoms with Crippen molar-refractivity contribution in [2.24, 2.45) is 0 Å². The first-order valence-corrected chi connectivity index (χ1v) is 9.34. The monoisotopic (exact) mass is 284 g/mol. The van der Waals surface area contributed by atoms with Crippen molar-refractivity contribution < 1.29 is 9.22 Å². The van der Waals surface area contributed by atoms with Crippen LogP contribution >= 0.6 is 11.6 Å². The van der Waals surface area contributed by atoms with Crippen molar-refractivity contribution in [2.75, 3.05) is 0 Å². The zero-order valence-corrected chi connectivity index (χ0v) is 13.4. The maximum Gasteiger partial charge on any atom is 0.193 e. The highest BCUT2D eigenvalue weighted by atomic mass is 35.5. The molecule has 2 nitrogen and oxygen atoms in total. The van der Waals surface area contributed by atoms with Gasteiger partial charge >= 0.3 is 0 Å². The highest BCUT2D eigenvalue weighted by Crippen LogP contribution is 2.39. The minimum Gasteiger partial charge on any atom is -0.403 e. The van der Waals surface area contributed by atoms with Crippen LogP contribution in [0.3, 0.4) is 0 Å². The smallest absolute Gasteiger partial charge is 0.193 e. The summed E-state index contributed by atoms with van der Waals surface area (Å²) in [6.07, 6.45) is 0.330. The van der Waals surface area contributed by atoms with Gasteiger partial charge in [-0.25, -0.2) is 0 Å². The molecule has 1 aromatic carbocycles. The predicted molar refractivity (Wildman–Crippen MR) is 78.5 cm³/mol. The molecule has 0 aliphatic heterocycles. The summed E-state index contributed by atoms with van der Waals surface area (Å²) in [5.41, 5.74) is 0.822. The van der Waals surface area contributed by atoms with Gasteiger partial charge in [-0.15, -0.1) is 0 Å². The number of aldehydes is 1. The Kier molecular flexibility index (Phi) is 4.76. The van der Waals surface area contributed by atoms with Crippen LogP contribution in [0.2, 0.25) is 23.2 Å². The average Bonchev–Trinajstić information content (AvgIpc) is 2.24. The summed E-state index contributed by atoms with van der Waals surface area (Å²) in [6, 6.07) is 7.29. The van der Waals surface area contributed by atoms with Crippen LogP contribution in [0, 0.1) is 0 Å². The number of halogens is 1. The minimum atomic E-state index is -1.96. The van der Waals surface area contributed by atoms with Crippen LogP contribution in [-0.2, 0) is 9.22 Å². The average molecular weight is 285 g/mol. The molecule has 0 saturated carbocycles. The van der Waals surface area contributed by atoms with Crippen LogP contribution in [0.25, 0.3) is 0 Å². The quantitative estimate of drug-likeness (QED) is 0.596. The van der Waals surface area contributed by atoms with Crippen LogP contribution in [0.1, 0.15) is 32.4 Å². The van der Waals surface area contributed by atoms with E-state index in [9.17, 15) is 4.79 Å². The summed E-state index contributed by atoms with van der Waals surface area (Å²) in [5.74, 6) is 0. The first kappa shape index (κ1) is 15.4. The van der Waals surface area contributed by atoms with Gasteiger partial charge in [0.05, 0.1) is 0 Å². The molecule has 0 saturated heterocycles. The van der Waals surface area contributed by atoms with E-state index >= 15 is 0 Å². The summed E-state index contributed by atoms with van der Waals surface area (Å²) in [6.45, 7) is 10.7. The first-order valence-electron chi connectivity index (χ1n) is 6.06. The van der Waals surface area contributed by atoms with Gasteiger partial charge in [-0.05, 0) is 35.8 Å². The Morgan fingerprint density at radius 2 is 1.94 bits per heavy atom. The first-order chi connectivity index (χ1) is 8.17. The van der Waals surface area contributed by atoms with Crippen LogP contribution in [0.15, 0.2) is 24.3 Å². The maximum atomic E-state index is 11.3. The molecule has 0 N–H and O–H groups in total. The van der Waals surface area contributed by atoms with Crippen molar-refractivity contribution in [3.63, 3.8) is 0 Å². The molecule has 1 aromatic rings. The lowest BCUT2D eigenvalue weighted by Crippen LogP contribution is -2.42. The molecule has 18 heavy (non-hydrogen) atoms. The molecule has 4 heteroatoms. The number of hydrogen-bond donors (Lipinski definition) is 0. The van der Waals surface area contributed by atoms with Gasteiger partial charge in [0.25, 0.3) is 0 Å². The molecule has 0 bridgehead atoms. The molecule has 0 heterocycles. The zero-order chi connectivity index (χ0) is 14.0. The Hall–Kier alpha value is -0.643. The number of benzene rings is 1. The molecular weight excluding hydrogens is 264 g/mol. The van der Waals surface area contributed by atoms with E-state index in [2.05, 4.69) is 33.9 Å². The Morgan fingerprint density at radius 3 is 2.39 bits per heavy atom. The Morgan fingerprint density at radius 1 is 1.33 bits per heavy atom. The van der Waals surface area contributed by atoms with Gasteiger partial charge in [0.1, 0.15) is 6.10 Å². The fraction of sp³-hybridized carbons (Fsp3) is 0.500. The summed E-state index contributed by atoms with van der Waals surface area (Å²) < 4.78 is 6.10. The molecule has 0 aliphatic rings. The second kappa shape index (κ2) is 5.55. The Balaban J connectivity index is 2.96. The molecule has 100 valence electrons. The molecule has 0 radical (unpaired) electrons. The topological polar surface area (TPSA) is 26.3 Å². The van der Waals surface area contributed by atoms with Crippen molar-refractivity contribution in [1.29, 1.82) is 0 Å². The van der Waals surface area contributed by atoms with Crippen molar-refractivity contribution in [1.82, 2.24) is 0 Å². The van der Waals surface area contributed by atoms with Crippen LogP contribution in [-0.4, -0.2) is 14.6 Å². The molecule has 0 aliphatic carbocycles. The van der Waals surface area contributed by atoms with Gasteiger partial charge in [0, 0.05) is 5.02 Å². The van der Waals surface area contributed by atoms with Gasteiger partial charge in [-0.1, -0.05) is 44.5 Å². The van der Waals surface area contributed by atoms with Gasteiger partial charge in [-0.3, -0.25) is 0 Å². The summed E-state index contributed by atoms with van der Waals surface area (Å²) in [5, 5.41) is 0.700. The number of carbonyl (C=O) groups is 1. The summed E-state index contributed by atoms with van der Waals surface area (Å²) in [7, 11) is -1.96. The lowest BCUT2D eigenvalue weighted by Gasteiger charge is -2.38. The number of carbonyl (C=O) groups excluding carboxylic acids is 1. The maximum absolute atomic E-state index is 11.3. The van der Waals surface area contributed by atoms with Gasteiger partial charge in [0.2, 0.25) is 0 Å². The van der Waals surface area contributed by atoms with Crippen LogP contribution < -0.4 is 0 Å². The minimum absolute atomic E-state index is 0.0762. The van der Waals surface area contributed by atoms with Crippen LogP contribution in [0.4, 0.5) is 0 Å². The van der Waals surface area contributed by atoms with Gasteiger partial charge in [-0.2, -0.15) is 0 Å². The van der Waals surface area contributed by atoms with E-state index in [0.717, 1.165) is 11.8 Å². The van der Waals surface area contributed by atoms with Crippen molar-refractivity contribution in [2.45, 2.75) is 45.0 Å². The molecule has 0 fully saturated rings. The van der Waals surface area contributed by atoms with E-state index in [4.69, 9.17) is 16.0 Å². The largest absolute Gasteiger partial charge is 0.403 e. The van der Waals surface area contributed by atoms with Gasteiger partial charge in [0.15, 0.2) is 14.6 Å². The number of hydrogen-bond acceptors (Lipinski definition) is 2. The van der Waals surface area contributed by atoms with E-state index in [1.54, 1.807) is 12.1 Å². The van der Waals surface area contributed by atoms with E-state index in [1.807, 2.05) is 12.1 Å². The Bertz CT molecular complexity index is 424. The predicted octanol–water partition coefficient (Wildman–Crippen LogP) is 4.60. The molecule has 0 spiro atoms. The fourth-order valence-electron chi connectivity index (χ4n) is 1.35. The standard InChI is InChI=1S/C14H21ClO2Si/c1-14(2,3)18(4,5)17-13(10-16)11-7-6-8-12(15)9-11/h6-10,13H,1-5H3. The molecule has 1 unspecified atom stereocenters. The Labute approximate surface area is 115 Å². The number of rotatable bonds is 4. The normalized spacial score (nSPS) is 14.3. The highest BCUT2D eigenvalue weighted by molar-refractivity contribution is 6.74. The van der Waals surface area contributed by atoms with Gasteiger partial charge < -0.3 is 9.22 Å². The van der Waals surface area contributed by atoms with Crippen molar-refractivity contribution in [3.8, 4) is 0 Å². The van der Waals surface area contributed by atoms with E-state index < -0.39 is 14.4 Å². The van der Waals surface area contributed by atoms with Crippen molar-refractivity contribution >= 4 is 26.2 Å². The SMILES string of the molecule is CC(C)(C)[Si](C)(C)OC(C=O)c1cccc(Cl)c1. The molecular formula is C14H21ClO2Si. The summed E-state index contributed by atoms with van der Waals surface area (Å²) in [4.78, 5) is 11.3. The lowest BCUT2D eigenvalue weighted by molar-refractivity contribution is -0.114. The second-order valence-electron chi connectivity index (χ2n) is 5.99. The van der Waals surface area contributed by atoms with Crippen LogP contribution in [0.5, 0.6) is 0 Å². The molecule has 0 aromatic heterocycles. The molecule has 1 rings (SSSR count). The third-order valence-corrected chi connectivity index (χ3v) is 8.22. The third-order valence-electron chi connectivity index (χ3n) is 3.53. The van der Waals surface area contributed by atoms with E-state index in [0.29, 0.717) is 5.02 Å². The molecule has 0 amide bonds. The van der Waals surface area contributed by atoms with E-state index in [-0.39, 0.29) is 5.04 Å². The second-order valence-corrected chi connectivity index (χ2v) is 11.2. The van der Waals surface area contributed by atoms with Crippen molar-refractivity contribution in [3.05, 3.63) is 34.9 Å². The fourth-order valence-corrected chi connectivity index (χ4v) is 2.73. The zero-order valence-electron chi connectivity index (χ0n) is 11.7. The molecule has 1 atom stereocenters. The van der Waals surface area contributed by atoms with E-state index in [1.165, 1.54) is 0 Å². The summed E-state index contributed by atoms with van der Waals surface area (Å²) >= 11 is 5.95. The lowest BCUT2D eigenvalue weighted by atomic mass is 10.1. The third kappa shape index (κ3) is 3.67. The highest BCUT2D eigenvalue weighted by Gasteiger charge is 2.39.